The predicted octanol–water partition coefficient (Wildman–Crippen LogP) is 4.00. The zero-order valence-corrected chi connectivity index (χ0v) is 21.1. The number of aliphatic hydroxyl groups excluding tert-OH is 1. The van der Waals surface area contributed by atoms with E-state index in [0.29, 0.717) is 11.3 Å². The van der Waals surface area contributed by atoms with Crippen LogP contribution in [0.3, 0.4) is 0 Å². The third-order valence-corrected chi connectivity index (χ3v) is 5.69. The van der Waals surface area contributed by atoms with Gasteiger partial charge in [0.1, 0.15) is 0 Å². The number of fused-ring (bicyclic) bond motifs is 1. The highest BCUT2D eigenvalue weighted by molar-refractivity contribution is 5.87. The molecule has 0 aromatic heterocycles. The molecule has 3 aromatic carbocycles. The molecular weight excluding hydrogens is 476 g/mol. The largest absolute Gasteiger partial charge is 0.493 e. The fraction of sp³-hybridized carbons (Fsp3) is 0.321. The maximum atomic E-state index is 13.3. The van der Waals surface area contributed by atoms with Gasteiger partial charge in [0.05, 0.1) is 26.1 Å². The standard InChI is InChI=1S/C28H32N2O7/c1-18(2)16-30(17-23(31)27(34)37-25-14-7-6-13-24(25)36-3)28(35)29-22(15-26(32)33)21-12-8-10-19-9-4-5-11-20(19)21/h4-14,18,22-23,31H,15-17H2,1-3H3,(H,29,35)(H,32,33). The molecule has 2 amide bonds. The van der Waals surface area contributed by atoms with Crippen molar-refractivity contribution in [1.29, 1.82) is 0 Å². The Hall–Kier alpha value is -4.11. The number of ether oxygens (including phenoxy) is 2. The van der Waals surface area contributed by atoms with Gasteiger partial charge in [0.2, 0.25) is 0 Å². The number of hydrogen-bond donors (Lipinski definition) is 3. The lowest BCUT2D eigenvalue weighted by Gasteiger charge is -2.29. The van der Waals surface area contributed by atoms with Crippen LogP contribution in [0.2, 0.25) is 0 Å². The quantitative estimate of drug-likeness (QED) is 0.264. The summed E-state index contributed by atoms with van der Waals surface area (Å²) in [5.41, 5.74) is 0.662. The van der Waals surface area contributed by atoms with Crippen LogP contribution in [0.1, 0.15) is 31.9 Å². The molecule has 0 aliphatic carbocycles. The number of carboxylic acid groups (broad SMARTS) is 1. The maximum Gasteiger partial charge on any atom is 0.342 e. The summed E-state index contributed by atoms with van der Waals surface area (Å²) in [6, 6.07) is 18.1. The molecule has 0 fully saturated rings. The van der Waals surface area contributed by atoms with Gasteiger partial charge in [0.15, 0.2) is 17.6 Å². The highest BCUT2D eigenvalue weighted by Crippen LogP contribution is 2.28. The Labute approximate surface area is 215 Å². The van der Waals surface area contributed by atoms with Crippen LogP contribution < -0.4 is 14.8 Å². The van der Waals surface area contributed by atoms with Gasteiger partial charge in [-0.2, -0.15) is 0 Å². The third kappa shape index (κ3) is 7.44. The van der Waals surface area contributed by atoms with E-state index in [2.05, 4.69) is 5.32 Å². The van der Waals surface area contributed by atoms with E-state index in [4.69, 9.17) is 9.47 Å². The molecular formula is C28H32N2O7. The second kappa shape index (κ2) is 12.7. The molecule has 3 rings (SSSR count). The Morgan fingerprint density at radius 1 is 0.919 bits per heavy atom. The first-order chi connectivity index (χ1) is 17.7. The van der Waals surface area contributed by atoms with Gasteiger partial charge in [-0.05, 0) is 34.4 Å². The minimum Gasteiger partial charge on any atom is -0.493 e. The van der Waals surface area contributed by atoms with Gasteiger partial charge in [0, 0.05) is 6.54 Å². The fourth-order valence-electron chi connectivity index (χ4n) is 4.05. The van der Waals surface area contributed by atoms with Gasteiger partial charge in [0.25, 0.3) is 0 Å². The number of hydrogen-bond acceptors (Lipinski definition) is 6. The molecule has 9 heteroatoms. The second-order valence-corrected chi connectivity index (χ2v) is 9.05. The normalized spacial score (nSPS) is 12.6. The van der Waals surface area contributed by atoms with Crippen molar-refractivity contribution in [3.05, 3.63) is 72.3 Å². The maximum absolute atomic E-state index is 13.3. The number of aliphatic carboxylic acids is 1. The molecule has 3 aromatic rings. The van der Waals surface area contributed by atoms with E-state index in [1.165, 1.54) is 18.1 Å². The van der Waals surface area contributed by atoms with Crippen LogP contribution in [-0.2, 0) is 9.59 Å². The molecule has 37 heavy (non-hydrogen) atoms. The molecule has 2 unspecified atom stereocenters. The van der Waals surface area contributed by atoms with Crippen molar-refractivity contribution in [2.75, 3.05) is 20.2 Å². The lowest BCUT2D eigenvalue weighted by atomic mass is 9.97. The predicted molar refractivity (Wildman–Crippen MR) is 139 cm³/mol. The van der Waals surface area contributed by atoms with Crippen LogP contribution in [0.25, 0.3) is 10.8 Å². The number of carbonyl (C=O) groups is 3. The Bertz CT molecular complexity index is 1240. The third-order valence-electron chi connectivity index (χ3n) is 5.69. The van der Waals surface area contributed by atoms with Crippen molar-refractivity contribution in [2.45, 2.75) is 32.4 Å². The van der Waals surface area contributed by atoms with E-state index >= 15 is 0 Å². The molecule has 9 nitrogen and oxygen atoms in total. The van der Waals surface area contributed by atoms with Crippen molar-refractivity contribution in [3.63, 3.8) is 0 Å². The van der Waals surface area contributed by atoms with Crippen molar-refractivity contribution < 1.29 is 34.1 Å². The Balaban J connectivity index is 1.79. The molecule has 0 heterocycles. The molecule has 0 saturated carbocycles. The molecule has 0 aliphatic rings. The van der Waals surface area contributed by atoms with Gasteiger partial charge >= 0.3 is 18.0 Å². The molecule has 0 spiro atoms. The topological polar surface area (TPSA) is 125 Å². The number of benzene rings is 3. The number of carboxylic acids is 1. The van der Waals surface area contributed by atoms with Crippen molar-refractivity contribution in [1.82, 2.24) is 10.2 Å². The summed E-state index contributed by atoms with van der Waals surface area (Å²) < 4.78 is 10.4. The number of rotatable bonds is 11. The summed E-state index contributed by atoms with van der Waals surface area (Å²) in [6.45, 7) is 3.66. The first-order valence-electron chi connectivity index (χ1n) is 12.0. The summed E-state index contributed by atoms with van der Waals surface area (Å²) in [5.74, 6) is -1.53. The summed E-state index contributed by atoms with van der Waals surface area (Å²) in [7, 11) is 1.43. The van der Waals surface area contributed by atoms with Crippen LogP contribution in [0.5, 0.6) is 11.5 Å². The molecule has 0 bridgehead atoms. The highest BCUT2D eigenvalue weighted by Gasteiger charge is 2.28. The van der Waals surface area contributed by atoms with Crippen molar-refractivity contribution >= 4 is 28.7 Å². The minimum absolute atomic E-state index is 0.0127. The molecule has 196 valence electrons. The molecule has 0 aliphatic heterocycles. The lowest BCUT2D eigenvalue weighted by molar-refractivity contribution is -0.144. The smallest absolute Gasteiger partial charge is 0.342 e. The summed E-state index contributed by atoms with van der Waals surface area (Å²) in [6.07, 6.45) is -1.97. The molecule has 3 N–H and O–H groups in total. The molecule has 2 atom stereocenters. The fourth-order valence-corrected chi connectivity index (χ4v) is 4.05. The van der Waals surface area contributed by atoms with Crippen LogP contribution in [0, 0.1) is 5.92 Å². The lowest BCUT2D eigenvalue weighted by Crippen LogP contribution is -2.48. The Morgan fingerprint density at radius 3 is 2.24 bits per heavy atom. The van der Waals surface area contributed by atoms with Gasteiger partial charge < -0.3 is 29.9 Å². The SMILES string of the molecule is COc1ccccc1OC(=O)C(O)CN(CC(C)C)C(=O)NC(CC(=O)O)c1cccc2ccccc12. The van der Waals surface area contributed by atoms with Gasteiger partial charge in [-0.3, -0.25) is 4.79 Å². The van der Waals surface area contributed by atoms with Gasteiger partial charge in [-0.1, -0.05) is 68.4 Å². The van der Waals surface area contributed by atoms with E-state index < -0.39 is 30.1 Å². The Kier molecular flexibility index (Phi) is 9.45. The van der Waals surface area contributed by atoms with Crippen molar-refractivity contribution in [2.24, 2.45) is 5.92 Å². The first-order valence-corrected chi connectivity index (χ1v) is 12.0. The number of para-hydroxylation sites is 2. The molecule has 0 radical (unpaired) electrons. The average Bonchev–Trinajstić information content (AvgIpc) is 2.87. The summed E-state index contributed by atoms with van der Waals surface area (Å²) in [5, 5.41) is 24.7. The van der Waals surface area contributed by atoms with Crippen LogP contribution in [0.4, 0.5) is 4.79 Å². The van der Waals surface area contributed by atoms with Gasteiger partial charge in [-0.15, -0.1) is 0 Å². The highest BCUT2D eigenvalue weighted by atomic mass is 16.6. The van der Waals surface area contributed by atoms with E-state index in [1.54, 1.807) is 24.3 Å². The van der Waals surface area contributed by atoms with E-state index in [0.717, 1.165) is 10.8 Å². The summed E-state index contributed by atoms with van der Waals surface area (Å²) >= 11 is 0. The van der Waals surface area contributed by atoms with E-state index in [-0.39, 0.29) is 31.2 Å². The summed E-state index contributed by atoms with van der Waals surface area (Å²) in [4.78, 5) is 38.9. The van der Waals surface area contributed by atoms with Crippen LogP contribution in [0.15, 0.2) is 66.7 Å². The van der Waals surface area contributed by atoms with E-state index in [1.807, 2.05) is 50.2 Å². The van der Waals surface area contributed by atoms with Gasteiger partial charge in [-0.25, -0.2) is 9.59 Å². The zero-order chi connectivity index (χ0) is 26.9. The number of methoxy groups -OCH3 is 1. The number of aliphatic hydroxyl groups is 1. The number of nitrogens with zero attached hydrogens (tertiary/aromatic N) is 1. The minimum atomic E-state index is -1.63. The number of amides is 2. The monoisotopic (exact) mass is 508 g/mol. The Morgan fingerprint density at radius 2 is 1.57 bits per heavy atom. The number of carbonyl (C=O) groups excluding carboxylic acids is 2. The average molecular weight is 509 g/mol. The van der Waals surface area contributed by atoms with Crippen LogP contribution in [-0.4, -0.2) is 59.4 Å². The number of esters is 1. The second-order valence-electron chi connectivity index (χ2n) is 9.05. The van der Waals surface area contributed by atoms with Crippen molar-refractivity contribution in [3.8, 4) is 11.5 Å². The van der Waals surface area contributed by atoms with Crippen LogP contribution >= 0.6 is 0 Å². The number of urea groups is 1. The van der Waals surface area contributed by atoms with E-state index in [9.17, 15) is 24.6 Å². The first kappa shape index (κ1) is 27.5. The number of nitrogens with one attached hydrogen (secondary N) is 1. The molecule has 0 saturated heterocycles. The zero-order valence-electron chi connectivity index (χ0n) is 21.1.